The average Bonchev–Trinajstić information content (AvgIpc) is 3.41. The van der Waals surface area contributed by atoms with Crippen LogP contribution in [0.15, 0.2) is 60.7 Å². The molecule has 1 heterocycles. The van der Waals surface area contributed by atoms with Gasteiger partial charge >= 0.3 is 0 Å². The Morgan fingerprint density at radius 2 is 1.62 bits per heavy atom. The van der Waals surface area contributed by atoms with E-state index in [1.165, 1.54) is 17.0 Å². The molecule has 1 atom stereocenters. The smallest absolute Gasteiger partial charge is 0.259 e. The van der Waals surface area contributed by atoms with Crippen molar-refractivity contribution in [2.45, 2.75) is 51.6 Å². The Kier molecular flexibility index (Phi) is 7.12. The zero-order valence-corrected chi connectivity index (χ0v) is 21.1. The molecule has 5 rings (SSSR count). The van der Waals surface area contributed by atoms with Crippen LogP contribution in [0, 0.1) is 19.7 Å². The Balaban J connectivity index is 1.62. The van der Waals surface area contributed by atoms with Crippen LogP contribution in [0.1, 0.15) is 58.8 Å². The molecule has 1 saturated carbocycles. The zero-order valence-electron chi connectivity index (χ0n) is 21.1. The zero-order chi connectivity index (χ0) is 25.9. The molecule has 0 bridgehead atoms. The summed E-state index contributed by atoms with van der Waals surface area (Å²) in [5, 5.41) is 3.16. The van der Waals surface area contributed by atoms with Crippen molar-refractivity contribution in [2.75, 3.05) is 18.1 Å². The quantitative estimate of drug-likeness (QED) is 0.472. The number of carbonyl (C=O) groups excluding carboxylic acids is 2. The molecule has 6 nitrogen and oxygen atoms in total. The van der Waals surface area contributed by atoms with Gasteiger partial charge in [-0.2, -0.15) is 0 Å². The van der Waals surface area contributed by atoms with E-state index in [0.29, 0.717) is 41.5 Å². The molecule has 0 spiro atoms. The number of benzene rings is 3. The van der Waals surface area contributed by atoms with Gasteiger partial charge in [0.15, 0.2) is 11.5 Å². The molecule has 2 amide bonds. The van der Waals surface area contributed by atoms with Crippen molar-refractivity contribution in [2.24, 2.45) is 0 Å². The molecule has 3 aromatic carbocycles. The van der Waals surface area contributed by atoms with Crippen LogP contribution in [-0.2, 0) is 4.79 Å². The second-order valence-corrected chi connectivity index (χ2v) is 9.77. The lowest BCUT2D eigenvalue weighted by atomic mass is 9.99. The van der Waals surface area contributed by atoms with Crippen molar-refractivity contribution in [3.8, 4) is 11.5 Å². The van der Waals surface area contributed by atoms with Crippen LogP contribution in [0.5, 0.6) is 11.5 Å². The molecule has 0 unspecified atom stereocenters. The summed E-state index contributed by atoms with van der Waals surface area (Å²) in [6.07, 6.45) is 3.93. The minimum Gasteiger partial charge on any atom is -0.486 e. The predicted octanol–water partition coefficient (Wildman–Crippen LogP) is 5.66. The maximum atomic E-state index is 14.3. The van der Waals surface area contributed by atoms with Crippen LogP contribution in [0.25, 0.3) is 0 Å². The highest BCUT2D eigenvalue weighted by Crippen LogP contribution is 2.36. The second-order valence-electron chi connectivity index (χ2n) is 9.77. The van der Waals surface area contributed by atoms with Crippen molar-refractivity contribution < 1.29 is 23.5 Å². The van der Waals surface area contributed by atoms with Gasteiger partial charge in [-0.1, -0.05) is 42.7 Å². The number of nitrogens with zero attached hydrogens (tertiary/aromatic N) is 1. The van der Waals surface area contributed by atoms with E-state index in [1.54, 1.807) is 30.3 Å². The summed E-state index contributed by atoms with van der Waals surface area (Å²) in [5.74, 6) is 0.0143. The van der Waals surface area contributed by atoms with Crippen molar-refractivity contribution in [1.29, 1.82) is 0 Å². The monoisotopic (exact) mass is 502 g/mol. The van der Waals surface area contributed by atoms with Gasteiger partial charge in [0, 0.05) is 17.3 Å². The number of hydrogen-bond acceptors (Lipinski definition) is 4. The number of halogens is 1. The van der Waals surface area contributed by atoms with E-state index in [0.717, 1.165) is 36.8 Å². The van der Waals surface area contributed by atoms with Gasteiger partial charge in [-0.15, -0.1) is 0 Å². The second kappa shape index (κ2) is 10.6. The van der Waals surface area contributed by atoms with Gasteiger partial charge in [0.2, 0.25) is 5.91 Å². The third kappa shape index (κ3) is 5.31. The Bertz CT molecular complexity index is 1300. The summed E-state index contributed by atoms with van der Waals surface area (Å²) in [5.41, 5.74) is 3.41. The number of aryl methyl sites for hydroxylation is 2. The van der Waals surface area contributed by atoms with E-state index >= 15 is 0 Å². The Labute approximate surface area is 216 Å². The SMILES string of the molecule is Cc1ccc(N(C(=O)c2ccc3c(c2)OCCO3)[C@H](C(=O)NC2CCCC2)c2ccc(F)cc2)c(C)c1. The summed E-state index contributed by atoms with van der Waals surface area (Å²) in [4.78, 5) is 29.7. The minimum absolute atomic E-state index is 0.0563. The number of ether oxygens (including phenoxy) is 2. The normalized spacial score (nSPS) is 15.8. The first-order valence-electron chi connectivity index (χ1n) is 12.8. The molecular formula is C30H31FN2O4. The van der Waals surface area contributed by atoms with Crippen molar-refractivity contribution in [3.05, 3.63) is 88.7 Å². The number of anilines is 1. The van der Waals surface area contributed by atoms with Crippen molar-refractivity contribution >= 4 is 17.5 Å². The fourth-order valence-electron chi connectivity index (χ4n) is 5.17. The summed E-state index contributed by atoms with van der Waals surface area (Å²) < 4.78 is 25.2. The van der Waals surface area contributed by atoms with E-state index in [-0.39, 0.29) is 17.9 Å². The number of hydrogen-bond donors (Lipinski definition) is 1. The third-order valence-corrected chi connectivity index (χ3v) is 7.01. The molecule has 192 valence electrons. The van der Waals surface area contributed by atoms with Gasteiger partial charge in [0.1, 0.15) is 25.1 Å². The van der Waals surface area contributed by atoms with E-state index < -0.39 is 11.9 Å². The maximum absolute atomic E-state index is 14.3. The maximum Gasteiger partial charge on any atom is 0.259 e. The van der Waals surface area contributed by atoms with E-state index in [2.05, 4.69) is 5.32 Å². The highest BCUT2D eigenvalue weighted by Gasteiger charge is 2.36. The van der Waals surface area contributed by atoms with Crippen LogP contribution < -0.4 is 19.7 Å². The molecule has 0 aromatic heterocycles. The average molecular weight is 503 g/mol. The number of fused-ring (bicyclic) bond motifs is 1. The first-order chi connectivity index (χ1) is 17.9. The minimum atomic E-state index is -0.997. The van der Waals surface area contributed by atoms with Gasteiger partial charge in [-0.25, -0.2) is 4.39 Å². The van der Waals surface area contributed by atoms with Crippen LogP contribution in [0.3, 0.4) is 0 Å². The molecule has 0 radical (unpaired) electrons. The fourth-order valence-corrected chi connectivity index (χ4v) is 5.17. The predicted molar refractivity (Wildman–Crippen MR) is 140 cm³/mol. The summed E-state index contributed by atoms with van der Waals surface area (Å²) in [7, 11) is 0. The van der Waals surface area contributed by atoms with Gasteiger partial charge in [0.25, 0.3) is 5.91 Å². The number of nitrogens with one attached hydrogen (secondary N) is 1. The number of amides is 2. The topological polar surface area (TPSA) is 67.9 Å². The lowest BCUT2D eigenvalue weighted by Crippen LogP contribution is -2.46. The molecule has 1 N–H and O–H groups in total. The molecule has 1 aliphatic carbocycles. The van der Waals surface area contributed by atoms with E-state index in [4.69, 9.17) is 9.47 Å². The summed E-state index contributed by atoms with van der Waals surface area (Å²) in [6.45, 7) is 4.74. The molecule has 37 heavy (non-hydrogen) atoms. The Morgan fingerprint density at radius 1 is 0.919 bits per heavy atom. The molecule has 1 fully saturated rings. The standard InChI is InChI=1S/C30H31FN2O4/c1-19-7-13-25(20(2)17-19)33(30(35)22-10-14-26-27(18-22)37-16-15-36-26)28(21-8-11-23(31)12-9-21)29(34)32-24-5-3-4-6-24/h7-14,17-18,24,28H,3-6,15-16H2,1-2H3,(H,32,34)/t28-/m0/s1. The van der Waals surface area contributed by atoms with E-state index in [9.17, 15) is 14.0 Å². The first kappa shape index (κ1) is 24.8. The highest BCUT2D eigenvalue weighted by molar-refractivity contribution is 6.10. The van der Waals surface area contributed by atoms with Gasteiger partial charge in [-0.05, 0) is 74.2 Å². The van der Waals surface area contributed by atoms with Crippen LogP contribution in [0.4, 0.5) is 10.1 Å². The lowest BCUT2D eigenvalue weighted by Gasteiger charge is -2.33. The van der Waals surface area contributed by atoms with Crippen LogP contribution in [-0.4, -0.2) is 31.1 Å². The van der Waals surface area contributed by atoms with Crippen LogP contribution >= 0.6 is 0 Å². The highest BCUT2D eigenvalue weighted by atomic mass is 19.1. The van der Waals surface area contributed by atoms with Crippen LogP contribution in [0.2, 0.25) is 0 Å². The first-order valence-corrected chi connectivity index (χ1v) is 12.8. The number of rotatable bonds is 6. The van der Waals surface area contributed by atoms with Gasteiger partial charge in [-0.3, -0.25) is 14.5 Å². The molecule has 1 aliphatic heterocycles. The molecule has 3 aromatic rings. The van der Waals surface area contributed by atoms with Gasteiger partial charge in [0.05, 0.1) is 0 Å². The lowest BCUT2D eigenvalue weighted by molar-refractivity contribution is -0.123. The van der Waals surface area contributed by atoms with Crippen molar-refractivity contribution in [3.63, 3.8) is 0 Å². The van der Waals surface area contributed by atoms with E-state index in [1.807, 2.05) is 32.0 Å². The van der Waals surface area contributed by atoms with Crippen molar-refractivity contribution in [1.82, 2.24) is 5.32 Å². The summed E-state index contributed by atoms with van der Waals surface area (Å²) >= 11 is 0. The third-order valence-electron chi connectivity index (χ3n) is 7.01. The Hall–Kier alpha value is -3.87. The Morgan fingerprint density at radius 3 is 2.32 bits per heavy atom. The molecular weight excluding hydrogens is 471 g/mol. The molecule has 0 saturated heterocycles. The largest absolute Gasteiger partial charge is 0.486 e. The molecule has 7 heteroatoms. The molecule has 2 aliphatic rings. The fraction of sp³-hybridized carbons (Fsp3) is 0.333. The summed E-state index contributed by atoms with van der Waals surface area (Å²) in [6, 6.07) is 15.7. The number of carbonyl (C=O) groups is 2. The van der Waals surface area contributed by atoms with Gasteiger partial charge < -0.3 is 14.8 Å².